The van der Waals surface area contributed by atoms with Crippen LogP contribution >= 0.6 is 43.7 Å². The molecule has 1 spiro atoms. The van der Waals surface area contributed by atoms with Crippen molar-refractivity contribution in [2.45, 2.75) is 23.7 Å². The largest absolute Gasteiger partial charge is 0.347 e. The average molecular weight is 526 g/mol. The predicted octanol–water partition coefficient (Wildman–Crippen LogP) is 6.95. The van der Waals surface area contributed by atoms with E-state index < -0.39 is 71.3 Å². The van der Waals surface area contributed by atoms with Gasteiger partial charge in [0, 0.05) is 0 Å². The summed E-state index contributed by atoms with van der Waals surface area (Å²) in [5, 5.41) is 0. The van der Waals surface area contributed by atoms with Crippen LogP contribution in [-0.4, -0.2) is 50.1 Å². The van der Waals surface area contributed by atoms with Crippen molar-refractivity contribution in [3.8, 4) is 0 Å². The zero-order valence-electron chi connectivity index (χ0n) is 12.9. The summed E-state index contributed by atoms with van der Waals surface area (Å²) in [6.45, 7) is -17.1. The molecular weight excluding hydrogens is 518 g/mol. The fraction of sp³-hybridized carbons (Fsp3) is 1.00. The number of hydrogen-bond donors (Lipinski definition) is 0. The molecule has 3 unspecified atom stereocenters. The summed E-state index contributed by atoms with van der Waals surface area (Å²) < 4.78 is 138. The highest BCUT2D eigenvalue weighted by Gasteiger charge is 2.62. The normalized spacial score (nSPS) is 43.9. The third kappa shape index (κ3) is 4.16. The Hall–Kier alpha value is 0.550. The Morgan fingerprint density at radius 3 is 1.25 bits per heavy atom. The molecule has 3 bridgehead atoms. The minimum Gasteiger partial charge on any atom is -0.309 e. The molecular formula is C8H8Cl2F8N3O4P3. The third-order valence-electron chi connectivity index (χ3n) is 3.39. The SMILES string of the molecule is FC1(F)COP2(Cl)=NP3(Cl)=NP(=N2)(OCC1(F)F)OCC(F)(F)C(F)(F)CO3. The fourth-order valence-electron chi connectivity index (χ4n) is 1.79. The van der Waals surface area contributed by atoms with Gasteiger partial charge in [-0.15, -0.1) is 0 Å². The van der Waals surface area contributed by atoms with Crippen molar-refractivity contribution in [1.82, 2.24) is 0 Å². The summed E-state index contributed by atoms with van der Waals surface area (Å²) in [6.07, 6.45) is 0. The first-order chi connectivity index (χ1) is 12.4. The standard InChI is InChI=1S/C8H8Cl2F8N3O4P3/c9-26-19-27(10)21-28(20-26,24-3-7(15,16)5(11,12)1-22-26)25-4-8(17,18)6(13,14)2-23-27/h1-4H2. The van der Waals surface area contributed by atoms with Gasteiger partial charge in [0.05, 0.1) is 0 Å². The molecule has 3 aliphatic rings. The molecule has 0 saturated heterocycles. The summed E-state index contributed by atoms with van der Waals surface area (Å²) in [5.41, 5.74) is 0. The maximum atomic E-state index is 13.8. The van der Waals surface area contributed by atoms with E-state index in [0.717, 1.165) is 0 Å². The molecule has 28 heavy (non-hydrogen) atoms. The van der Waals surface area contributed by atoms with Crippen molar-refractivity contribution in [2.75, 3.05) is 26.4 Å². The molecule has 0 aromatic rings. The van der Waals surface area contributed by atoms with Crippen LogP contribution in [0.1, 0.15) is 0 Å². The first-order valence-corrected chi connectivity index (χ1v) is 13.4. The smallest absolute Gasteiger partial charge is 0.309 e. The topological polar surface area (TPSA) is 74.0 Å². The van der Waals surface area contributed by atoms with Crippen LogP contribution in [-0.2, 0) is 18.1 Å². The molecule has 7 nitrogen and oxygen atoms in total. The molecule has 0 radical (unpaired) electrons. The van der Waals surface area contributed by atoms with Crippen molar-refractivity contribution < 1.29 is 53.2 Å². The van der Waals surface area contributed by atoms with Crippen molar-refractivity contribution in [3.63, 3.8) is 0 Å². The zero-order chi connectivity index (χ0) is 21.3. The lowest BCUT2D eigenvalue weighted by Gasteiger charge is -2.28. The molecule has 0 aliphatic carbocycles. The van der Waals surface area contributed by atoms with Crippen LogP contribution in [0.25, 0.3) is 0 Å². The molecule has 0 aromatic carbocycles. The molecule has 3 aliphatic heterocycles. The Kier molecular flexibility index (Phi) is 5.62. The first kappa shape index (κ1) is 23.2. The predicted molar refractivity (Wildman–Crippen MR) is 83.3 cm³/mol. The molecule has 0 saturated carbocycles. The first-order valence-electron chi connectivity index (χ1n) is 6.85. The molecule has 3 atom stereocenters. The highest BCUT2D eigenvalue weighted by molar-refractivity contribution is 8.00. The number of nitrogens with zero attached hydrogens (tertiary/aromatic N) is 3. The van der Waals surface area contributed by atoms with E-state index in [1.165, 1.54) is 0 Å². The average Bonchev–Trinajstić information content (AvgIpc) is 2.57. The van der Waals surface area contributed by atoms with E-state index in [1.807, 2.05) is 0 Å². The summed E-state index contributed by atoms with van der Waals surface area (Å²) in [7, 11) is -4.78. The Bertz CT molecular complexity index is 837. The van der Waals surface area contributed by atoms with E-state index in [1.54, 1.807) is 0 Å². The number of halogens is 10. The van der Waals surface area contributed by atoms with Gasteiger partial charge in [0.1, 0.15) is 26.4 Å². The molecule has 3 heterocycles. The van der Waals surface area contributed by atoms with Gasteiger partial charge in [-0.2, -0.15) is 48.7 Å². The lowest BCUT2D eigenvalue weighted by atomic mass is 10.2. The van der Waals surface area contributed by atoms with Gasteiger partial charge < -0.3 is 9.05 Å². The summed E-state index contributed by atoms with van der Waals surface area (Å²) >= 11 is 11.7. The monoisotopic (exact) mass is 525 g/mol. The van der Waals surface area contributed by atoms with Gasteiger partial charge in [-0.1, -0.05) is 0 Å². The van der Waals surface area contributed by atoms with Crippen LogP contribution in [0.2, 0.25) is 0 Å². The zero-order valence-corrected chi connectivity index (χ0v) is 17.1. The van der Waals surface area contributed by atoms with Crippen LogP contribution in [0.3, 0.4) is 0 Å². The minimum absolute atomic E-state index is 2.00. The van der Waals surface area contributed by atoms with E-state index in [0.29, 0.717) is 0 Å². The maximum absolute atomic E-state index is 13.8. The van der Waals surface area contributed by atoms with Gasteiger partial charge in [0.15, 0.2) is 0 Å². The molecule has 20 heteroatoms. The second-order valence-corrected chi connectivity index (χ2v) is 14.3. The quantitative estimate of drug-likeness (QED) is 0.253. The van der Waals surface area contributed by atoms with Crippen molar-refractivity contribution >= 4 is 43.7 Å². The maximum Gasteiger partial charge on any atom is 0.347 e. The van der Waals surface area contributed by atoms with Crippen LogP contribution in [0.5, 0.6) is 0 Å². The van der Waals surface area contributed by atoms with Gasteiger partial charge in [-0.05, 0) is 22.5 Å². The van der Waals surface area contributed by atoms with Gasteiger partial charge in [0.25, 0.3) is 0 Å². The fourth-order valence-corrected chi connectivity index (χ4v) is 13.3. The third-order valence-corrected chi connectivity index (χ3v) is 13.6. The van der Waals surface area contributed by atoms with Crippen LogP contribution in [0.15, 0.2) is 13.5 Å². The highest BCUT2D eigenvalue weighted by Crippen LogP contribution is 2.84. The Labute approximate surface area is 161 Å². The lowest BCUT2D eigenvalue weighted by Crippen LogP contribution is -2.47. The minimum atomic E-state index is -4.90. The molecule has 164 valence electrons. The second-order valence-electron chi connectivity index (χ2n) is 5.62. The van der Waals surface area contributed by atoms with Crippen molar-refractivity contribution in [3.05, 3.63) is 0 Å². The summed E-state index contributed by atoms with van der Waals surface area (Å²) in [6, 6.07) is 0. The lowest BCUT2D eigenvalue weighted by molar-refractivity contribution is -0.236. The van der Waals surface area contributed by atoms with Crippen molar-refractivity contribution in [2.24, 2.45) is 13.5 Å². The van der Waals surface area contributed by atoms with Gasteiger partial charge in [-0.3, -0.25) is 9.05 Å². The van der Waals surface area contributed by atoms with Gasteiger partial charge in [0.2, 0.25) is 0 Å². The van der Waals surface area contributed by atoms with Gasteiger partial charge >= 0.3 is 44.9 Å². The molecule has 0 fully saturated rings. The van der Waals surface area contributed by atoms with Crippen LogP contribution < -0.4 is 0 Å². The van der Waals surface area contributed by atoms with Crippen LogP contribution in [0.4, 0.5) is 35.1 Å². The van der Waals surface area contributed by atoms with E-state index in [9.17, 15) is 35.1 Å². The van der Waals surface area contributed by atoms with E-state index in [4.69, 9.17) is 22.5 Å². The highest BCUT2D eigenvalue weighted by atomic mass is 35.7. The second kappa shape index (κ2) is 6.77. The number of rotatable bonds is 0. The number of alkyl halides is 8. The Morgan fingerprint density at radius 1 is 0.536 bits per heavy atom. The van der Waals surface area contributed by atoms with E-state index >= 15 is 0 Å². The molecule has 0 amide bonds. The van der Waals surface area contributed by atoms with E-state index in [-0.39, 0.29) is 0 Å². The number of hydrogen-bond acceptors (Lipinski definition) is 7. The molecule has 3 rings (SSSR count). The summed E-state index contributed by atoms with van der Waals surface area (Å²) in [4.78, 5) is 0. The number of fused-ring (bicyclic) bond motifs is 1. The van der Waals surface area contributed by atoms with Crippen molar-refractivity contribution in [1.29, 1.82) is 0 Å². The molecule has 0 aromatic heterocycles. The Morgan fingerprint density at radius 2 is 0.857 bits per heavy atom. The van der Waals surface area contributed by atoms with Gasteiger partial charge in [-0.25, -0.2) is 0 Å². The van der Waals surface area contributed by atoms with E-state index in [2.05, 4.69) is 31.6 Å². The molecule has 0 N–H and O–H groups in total. The Balaban J connectivity index is 2.18. The summed E-state index contributed by atoms with van der Waals surface area (Å²) in [5.74, 6) is -19.5. The van der Waals surface area contributed by atoms with Crippen LogP contribution in [0, 0.1) is 0 Å².